The van der Waals surface area contributed by atoms with Crippen LogP contribution in [0.25, 0.3) is 0 Å². The molecular formula is C17H14N2O3. The summed E-state index contributed by atoms with van der Waals surface area (Å²) in [6.45, 7) is 3.71. The maximum absolute atomic E-state index is 12.8. The molecule has 4 rings (SSSR count). The summed E-state index contributed by atoms with van der Waals surface area (Å²) >= 11 is 0. The summed E-state index contributed by atoms with van der Waals surface area (Å²) in [5.41, 5.74) is -0.428. The number of nitrogens with zero attached hydrogens (tertiary/aromatic N) is 2. The van der Waals surface area contributed by atoms with Crippen LogP contribution in [-0.2, 0) is 14.3 Å². The van der Waals surface area contributed by atoms with E-state index in [0.717, 1.165) is 0 Å². The number of fused-ring (bicyclic) bond motifs is 5. The van der Waals surface area contributed by atoms with Gasteiger partial charge in [0.1, 0.15) is 0 Å². The minimum atomic E-state index is -0.715. The Labute approximate surface area is 127 Å². The van der Waals surface area contributed by atoms with Gasteiger partial charge in [-0.05, 0) is 38.1 Å². The molecule has 3 aliphatic heterocycles. The van der Waals surface area contributed by atoms with Gasteiger partial charge in [0.15, 0.2) is 0 Å². The minimum Gasteiger partial charge on any atom is -0.359 e. The average Bonchev–Trinajstić information content (AvgIpc) is 3.04. The van der Waals surface area contributed by atoms with E-state index in [4.69, 9.17) is 10.00 Å². The van der Waals surface area contributed by atoms with Gasteiger partial charge in [-0.1, -0.05) is 12.2 Å². The van der Waals surface area contributed by atoms with Gasteiger partial charge in [0.05, 0.1) is 40.4 Å². The molecule has 0 unspecified atom stereocenters. The molecule has 3 heterocycles. The van der Waals surface area contributed by atoms with Crippen molar-refractivity contribution in [1.29, 1.82) is 5.26 Å². The zero-order chi connectivity index (χ0) is 15.7. The lowest BCUT2D eigenvalue weighted by atomic mass is 9.73. The summed E-state index contributed by atoms with van der Waals surface area (Å²) in [7, 11) is 0. The van der Waals surface area contributed by atoms with Crippen molar-refractivity contribution in [3.8, 4) is 6.07 Å². The van der Waals surface area contributed by atoms with E-state index in [1.54, 1.807) is 24.3 Å². The van der Waals surface area contributed by atoms with Gasteiger partial charge in [-0.3, -0.25) is 9.59 Å². The van der Waals surface area contributed by atoms with E-state index >= 15 is 0 Å². The SMILES string of the molecule is C[C@]12C=C[C@](C)(O1)[C@H]1C(=O)N(c3ccc(C#N)cc3)C(=O)[C@@H]12. The zero-order valence-electron chi connectivity index (χ0n) is 12.2. The third kappa shape index (κ3) is 1.40. The van der Waals surface area contributed by atoms with Gasteiger partial charge in [0, 0.05) is 0 Å². The van der Waals surface area contributed by atoms with Crippen LogP contribution in [0.4, 0.5) is 5.69 Å². The van der Waals surface area contributed by atoms with Crippen LogP contribution < -0.4 is 4.90 Å². The lowest BCUT2D eigenvalue weighted by Crippen LogP contribution is -2.39. The average molecular weight is 294 g/mol. The molecule has 22 heavy (non-hydrogen) atoms. The lowest BCUT2D eigenvalue weighted by molar-refractivity contribution is -0.128. The molecule has 5 nitrogen and oxygen atoms in total. The normalized spacial score (nSPS) is 38.5. The summed E-state index contributed by atoms with van der Waals surface area (Å²) in [6, 6.07) is 8.51. The Morgan fingerprint density at radius 3 is 2.00 bits per heavy atom. The second kappa shape index (κ2) is 3.84. The van der Waals surface area contributed by atoms with Gasteiger partial charge >= 0.3 is 0 Å². The molecule has 2 saturated heterocycles. The highest BCUT2D eigenvalue weighted by Crippen LogP contribution is 2.57. The smallest absolute Gasteiger partial charge is 0.241 e. The fourth-order valence-electron chi connectivity index (χ4n) is 3.97. The van der Waals surface area contributed by atoms with Gasteiger partial charge in [-0.25, -0.2) is 4.90 Å². The maximum atomic E-state index is 12.8. The number of anilines is 1. The molecule has 3 aliphatic rings. The van der Waals surface area contributed by atoms with Gasteiger partial charge < -0.3 is 4.74 Å². The molecule has 0 saturated carbocycles. The van der Waals surface area contributed by atoms with E-state index in [-0.39, 0.29) is 11.8 Å². The first-order chi connectivity index (χ1) is 10.4. The van der Waals surface area contributed by atoms with Gasteiger partial charge in [0.2, 0.25) is 11.8 Å². The van der Waals surface area contributed by atoms with Crippen molar-refractivity contribution < 1.29 is 14.3 Å². The van der Waals surface area contributed by atoms with Gasteiger partial charge in [-0.2, -0.15) is 5.26 Å². The lowest BCUT2D eigenvalue weighted by Gasteiger charge is -2.25. The van der Waals surface area contributed by atoms with Gasteiger partial charge in [-0.15, -0.1) is 0 Å². The molecular weight excluding hydrogens is 280 g/mol. The summed E-state index contributed by atoms with van der Waals surface area (Å²) < 4.78 is 5.95. The number of benzene rings is 1. The Kier molecular flexibility index (Phi) is 2.31. The number of carbonyl (C=O) groups is 2. The largest absolute Gasteiger partial charge is 0.359 e. The van der Waals surface area contributed by atoms with Gasteiger partial charge in [0.25, 0.3) is 0 Å². The summed E-state index contributed by atoms with van der Waals surface area (Å²) in [5.74, 6) is -1.41. The number of imide groups is 1. The van der Waals surface area contributed by atoms with Crippen LogP contribution in [0.15, 0.2) is 36.4 Å². The topological polar surface area (TPSA) is 70.4 Å². The molecule has 0 aliphatic carbocycles. The standard InChI is InChI=1S/C17H14N2O3/c1-16-7-8-17(2,22-16)13-12(16)14(20)19(15(13)21)11-5-3-10(9-18)4-6-11/h3-8,12-13H,1-2H3/t12-,13-,16-,17+/m1/s1. The molecule has 0 N–H and O–H groups in total. The second-order valence-corrected chi connectivity index (χ2v) is 6.43. The van der Waals surface area contributed by atoms with Crippen LogP contribution in [-0.4, -0.2) is 23.0 Å². The maximum Gasteiger partial charge on any atom is 0.241 e. The van der Waals surface area contributed by atoms with Crippen molar-refractivity contribution in [3.63, 3.8) is 0 Å². The highest BCUT2D eigenvalue weighted by molar-refractivity contribution is 6.23. The van der Waals surface area contributed by atoms with E-state index < -0.39 is 23.0 Å². The number of rotatable bonds is 1. The van der Waals surface area contributed by atoms with Crippen molar-refractivity contribution in [2.75, 3.05) is 4.90 Å². The molecule has 1 aromatic carbocycles. The number of ether oxygens (including phenoxy) is 1. The van der Waals surface area contributed by atoms with Crippen LogP contribution in [0.3, 0.4) is 0 Å². The first-order valence-electron chi connectivity index (χ1n) is 7.18. The number of carbonyl (C=O) groups excluding carboxylic acids is 2. The van der Waals surface area contributed by atoms with E-state index in [9.17, 15) is 9.59 Å². The predicted octanol–water partition coefficient (Wildman–Crippen LogP) is 1.78. The summed E-state index contributed by atoms with van der Waals surface area (Å²) in [4.78, 5) is 26.9. The first kappa shape index (κ1) is 13.2. The number of amides is 2. The number of nitriles is 1. The first-order valence-corrected chi connectivity index (χ1v) is 7.18. The monoisotopic (exact) mass is 294 g/mol. The third-order valence-corrected chi connectivity index (χ3v) is 4.98. The molecule has 2 amide bonds. The molecule has 2 fully saturated rings. The zero-order valence-corrected chi connectivity index (χ0v) is 12.2. The molecule has 1 aromatic rings. The summed E-state index contributed by atoms with van der Waals surface area (Å²) in [5, 5.41) is 8.85. The van der Waals surface area contributed by atoms with Crippen molar-refractivity contribution in [2.45, 2.75) is 25.0 Å². The van der Waals surface area contributed by atoms with Crippen LogP contribution in [0, 0.1) is 23.2 Å². The van der Waals surface area contributed by atoms with Crippen LogP contribution in [0.2, 0.25) is 0 Å². The Morgan fingerprint density at radius 1 is 1.05 bits per heavy atom. The Bertz CT molecular complexity index is 740. The second-order valence-electron chi connectivity index (χ2n) is 6.43. The number of hydrogen-bond donors (Lipinski definition) is 0. The van der Waals surface area contributed by atoms with Crippen molar-refractivity contribution >= 4 is 17.5 Å². The van der Waals surface area contributed by atoms with E-state index in [0.29, 0.717) is 11.3 Å². The minimum absolute atomic E-state index is 0.227. The molecule has 0 aromatic heterocycles. The van der Waals surface area contributed by atoms with Crippen molar-refractivity contribution in [1.82, 2.24) is 0 Å². The molecule has 0 spiro atoms. The quantitative estimate of drug-likeness (QED) is 0.585. The van der Waals surface area contributed by atoms with Crippen LogP contribution in [0.1, 0.15) is 19.4 Å². The van der Waals surface area contributed by atoms with Crippen molar-refractivity contribution in [2.24, 2.45) is 11.8 Å². The fraction of sp³-hybridized carbons (Fsp3) is 0.353. The summed E-state index contributed by atoms with van der Waals surface area (Å²) in [6.07, 6.45) is 3.78. The number of hydrogen-bond acceptors (Lipinski definition) is 4. The Balaban J connectivity index is 1.78. The van der Waals surface area contributed by atoms with E-state index in [1.165, 1.54) is 4.90 Å². The molecule has 5 heteroatoms. The van der Waals surface area contributed by atoms with Crippen LogP contribution >= 0.6 is 0 Å². The van der Waals surface area contributed by atoms with Crippen molar-refractivity contribution in [3.05, 3.63) is 42.0 Å². The highest BCUT2D eigenvalue weighted by Gasteiger charge is 2.70. The third-order valence-electron chi connectivity index (χ3n) is 4.98. The van der Waals surface area contributed by atoms with E-state index in [1.807, 2.05) is 32.1 Å². The Hall–Kier alpha value is -2.45. The Morgan fingerprint density at radius 2 is 1.55 bits per heavy atom. The van der Waals surface area contributed by atoms with E-state index in [2.05, 4.69) is 0 Å². The van der Waals surface area contributed by atoms with Crippen LogP contribution in [0.5, 0.6) is 0 Å². The molecule has 110 valence electrons. The molecule has 2 bridgehead atoms. The fourth-order valence-corrected chi connectivity index (χ4v) is 3.97. The predicted molar refractivity (Wildman–Crippen MR) is 77.7 cm³/mol. The molecule has 4 atom stereocenters. The molecule has 0 radical (unpaired) electrons. The highest BCUT2D eigenvalue weighted by atomic mass is 16.5.